The largest absolute Gasteiger partial charge is 0.350 e. The van der Waals surface area contributed by atoms with E-state index in [9.17, 15) is 24.5 Å². The molecule has 0 aliphatic carbocycles. The highest BCUT2D eigenvalue weighted by atomic mass is 16.6. The van der Waals surface area contributed by atoms with Crippen LogP contribution in [-0.4, -0.2) is 20.3 Å². The summed E-state index contributed by atoms with van der Waals surface area (Å²) in [6.07, 6.45) is 1.20. The van der Waals surface area contributed by atoms with E-state index in [0.717, 1.165) is 10.8 Å². The van der Waals surface area contributed by atoms with Crippen molar-refractivity contribution in [1.82, 2.24) is 9.13 Å². The Morgan fingerprint density at radius 3 is 2.40 bits per heavy atom. The van der Waals surface area contributed by atoms with Crippen LogP contribution in [0.4, 0.5) is 5.69 Å². The van der Waals surface area contributed by atoms with Gasteiger partial charge in [-0.2, -0.15) is 0 Å². The van der Waals surface area contributed by atoms with E-state index in [-0.39, 0.29) is 0 Å². The molecule has 0 atom stereocenters. The van der Waals surface area contributed by atoms with Crippen LogP contribution >= 0.6 is 0 Å². The second-order valence-electron chi connectivity index (χ2n) is 3.84. The van der Waals surface area contributed by atoms with Gasteiger partial charge in [-0.1, -0.05) is 18.2 Å². The molecule has 0 spiro atoms. The van der Waals surface area contributed by atoms with Crippen LogP contribution in [0.25, 0.3) is 5.69 Å². The van der Waals surface area contributed by atoms with Crippen molar-refractivity contribution in [2.75, 3.05) is 0 Å². The summed E-state index contributed by atoms with van der Waals surface area (Å²) in [6, 6.07) is 8.11. The van der Waals surface area contributed by atoms with Crippen molar-refractivity contribution in [3.8, 4) is 5.69 Å². The molecule has 1 heterocycles. The number of carbonyl (C=O) groups excluding carboxylic acids is 1. The molecule has 0 saturated carbocycles. The normalized spacial score (nSPS) is 10.2. The lowest BCUT2D eigenvalue weighted by Gasteiger charge is -2.08. The average molecular weight is 275 g/mol. The van der Waals surface area contributed by atoms with Crippen molar-refractivity contribution in [3.63, 3.8) is 0 Å². The summed E-state index contributed by atoms with van der Waals surface area (Å²) >= 11 is 0. The molecule has 8 heteroatoms. The number of aldehydes is 1. The minimum absolute atomic E-state index is 0.335. The fourth-order valence-corrected chi connectivity index (χ4v) is 1.72. The Morgan fingerprint density at radius 2 is 1.85 bits per heavy atom. The third kappa shape index (κ3) is 2.26. The maximum absolute atomic E-state index is 12.1. The summed E-state index contributed by atoms with van der Waals surface area (Å²) in [6.45, 7) is -0.536. The molecule has 0 amide bonds. The molecule has 0 aliphatic rings. The van der Waals surface area contributed by atoms with Gasteiger partial charge in [0.05, 0.1) is 23.4 Å². The maximum Gasteiger partial charge on any atom is 0.350 e. The van der Waals surface area contributed by atoms with Crippen LogP contribution in [0.15, 0.2) is 46.1 Å². The van der Waals surface area contributed by atoms with Crippen LogP contribution < -0.4 is 11.2 Å². The number of carbonyl (C=O) groups is 1. The molecule has 0 saturated heterocycles. The average Bonchev–Trinajstić information content (AvgIpc) is 2.44. The van der Waals surface area contributed by atoms with Gasteiger partial charge in [-0.3, -0.25) is 19.5 Å². The van der Waals surface area contributed by atoms with E-state index in [1.54, 1.807) is 30.3 Å². The SMILES string of the molecule is O=CCn1c(=O)c([N+](=O)[O-])cn(-c2ccccc2)c1=O. The maximum atomic E-state index is 12.1. The first-order valence-corrected chi connectivity index (χ1v) is 5.56. The standard InChI is InChI=1S/C12H9N3O5/c16-7-6-13-11(17)10(15(19)20)8-14(12(13)18)9-4-2-1-3-5-9/h1-5,7-8H,6H2. The summed E-state index contributed by atoms with van der Waals surface area (Å²) in [5, 5.41) is 10.9. The first-order valence-electron chi connectivity index (χ1n) is 5.56. The van der Waals surface area contributed by atoms with E-state index >= 15 is 0 Å². The van der Waals surface area contributed by atoms with Gasteiger partial charge in [0.1, 0.15) is 6.29 Å². The molecule has 2 rings (SSSR count). The van der Waals surface area contributed by atoms with Gasteiger partial charge < -0.3 is 4.79 Å². The van der Waals surface area contributed by atoms with Crippen LogP contribution in [-0.2, 0) is 11.3 Å². The molecular weight excluding hydrogens is 266 g/mol. The Kier molecular flexibility index (Phi) is 3.56. The van der Waals surface area contributed by atoms with Gasteiger partial charge in [0.2, 0.25) is 0 Å². The fourth-order valence-electron chi connectivity index (χ4n) is 1.72. The highest BCUT2D eigenvalue weighted by Gasteiger charge is 2.20. The zero-order valence-electron chi connectivity index (χ0n) is 10.1. The second kappa shape index (κ2) is 5.31. The van der Waals surface area contributed by atoms with Gasteiger partial charge in [-0.05, 0) is 12.1 Å². The smallest absolute Gasteiger partial charge is 0.301 e. The highest BCUT2D eigenvalue weighted by molar-refractivity contribution is 5.49. The van der Waals surface area contributed by atoms with Gasteiger partial charge in [0.25, 0.3) is 0 Å². The molecule has 0 unspecified atom stereocenters. The summed E-state index contributed by atoms with van der Waals surface area (Å²) in [5.41, 5.74) is -2.31. The third-order valence-corrected chi connectivity index (χ3v) is 2.64. The lowest BCUT2D eigenvalue weighted by atomic mass is 10.3. The predicted molar refractivity (Wildman–Crippen MR) is 69.0 cm³/mol. The number of para-hydroxylation sites is 1. The first kappa shape index (κ1) is 13.4. The van der Waals surface area contributed by atoms with Crippen LogP contribution in [0.1, 0.15) is 0 Å². The minimum Gasteiger partial charge on any atom is -0.301 e. The number of rotatable bonds is 4. The van der Waals surface area contributed by atoms with Crippen LogP contribution in [0, 0.1) is 10.1 Å². The van der Waals surface area contributed by atoms with Crippen molar-refractivity contribution < 1.29 is 9.72 Å². The Hall–Kier alpha value is -3.03. The van der Waals surface area contributed by atoms with Gasteiger partial charge >= 0.3 is 16.9 Å². The second-order valence-corrected chi connectivity index (χ2v) is 3.84. The summed E-state index contributed by atoms with van der Waals surface area (Å²) in [7, 11) is 0. The topological polar surface area (TPSA) is 104 Å². The molecule has 8 nitrogen and oxygen atoms in total. The molecule has 1 aromatic heterocycles. The first-order chi connectivity index (χ1) is 9.56. The van der Waals surface area contributed by atoms with Gasteiger partial charge in [-0.25, -0.2) is 9.36 Å². The molecule has 20 heavy (non-hydrogen) atoms. The molecular formula is C12H9N3O5. The number of nitrogens with zero attached hydrogens (tertiary/aromatic N) is 3. The van der Waals surface area contributed by atoms with Crippen LogP contribution in [0.5, 0.6) is 0 Å². The molecule has 102 valence electrons. The fraction of sp³-hybridized carbons (Fsp3) is 0.0833. The number of benzene rings is 1. The highest BCUT2D eigenvalue weighted by Crippen LogP contribution is 2.07. The molecule has 0 radical (unpaired) electrons. The lowest BCUT2D eigenvalue weighted by molar-refractivity contribution is -0.387. The van der Waals surface area contributed by atoms with E-state index in [0.29, 0.717) is 16.5 Å². The number of nitro groups is 1. The predicted octanol–water partition coefficient (Wildman–Crippen LogP) is 0.106. The van der Waals surface area contributed by atoms with E-state index in [1.165, 1.54) is 0 Å². The van der Waals surface area contributed by atoms with Crippen molar-refractivity contribution in [2.45, 2.75) is 6.54 Å². The Morgan fingerprint density at radius 1 is 1.20 bits per heavy atom. The zero-order valence-corrected chi connectivity index (χ0v) is 10.1. The molecule has 0 bridgehead atoms. The van der Waals surface area contributed by atoms with Gasteiger partial charge in [-0.15, -0.1) is 0 Å². The third-order valence-electron chi connectivity index (χ3n) is 2.64. The summed E-state index contributed by atoms with van der Waals surface area (Å²) in [4.78, 5) is 44.4. The van der Waals surface area contributed by atoms with Crippen molar-refractivity contribution in [3.05, 3.63) is 67.5 Å². The molecule has 0 N–H and O–H groups in total. The molecule has 0 fully saturated rings. The van der Waals surface area contributed by atoms with E-state index in [1.807, 2.05) is 0 Å². The quantitative estimate of drug-likeness (QED) is 0.447. The van der Waals surface area contributed by atoms with E-state index < -0.39 is 28.4 Å². The monoisotopic (exact) mass is 275 g/mol. The zero-order chi connectivity index (χ0) is 14.7. The summed E-state index contributed by atoms with van der Waals surface area (Å²) in [5.74, 6) is 0. The van der Waals surface area contributed by atoms with Crippen molar-refractivity contribution in [2.24, 2.45) is 0 Å². The van der Waals surface area contributed by atoms with Crippen molar-refractivity contribution in [1.29, 1.82) is 0 Å². The Bertz CT molecular complexity index is 776. The minimum atomic E-state index is -1.10. The Labute approximate surface area is 111 Å². The van der Waals surface area contributed by atoms with Gasteiger partial charge in [0.15, 0.2) is 0 Å². The van der Waals surface area contributed by atoms with Crippen LogP contribution in [0.3, 0.4) is 0 Å². The van der Waals surface area contributed by atoms with E-state index in [4.69, 9.17) is 0 Å². The number of aromatic nitrogens is 2. The Balaban J connectivity index is 2.82. The summed E-state index contributed by atoms with van der Waals surface area (Å²) < 4.78 is 1.49. The number of hydrogen-bond acceptors (Lipinski definition) is 5. The van der Waals surface area contributed by atoms with Crippen molar-refractivity contribution >= 4 is 12.0 Å². The lowest BCUT2D eigenvalue weighted by Crippen LogP contribution is -2.40. The van der Waals surface area contributed by atoms with E-state index in [2.05, 4.69) is 0 Å². The van der Waals surface area contributed by atoms with Crippen LogP contribution in [0.2, 0.25) is 0 Å². The number of hydrogen-bond donors (Lipinski definition) is 0. The molecule has 2 aromatic rings. The van der Waals surface area contributed by atoms with Gasteiger partial charge in [0, 0.05) is 0 Å². The molecule has 1 aromatic carbocycles. The molecule has 0 aliphatic heterocycles.